The Labute approximate surface area is 162 Å². The van der Waals surface area contributed by atoms with E-state index < -0.39 is 16.6 Å². The van der Waals surface area contributed by atoms with Crippen molar-refractivity contribution < 1.29 is 14.7 Å². The Bertz CT molecular complexity index is 989. The minimum absolute atomic E-state index is 0.00428. The molecule has 0 bridgehead atoms. The van der Waals surface area contributed by atoms with E-state index in [0.29, 0.717) is 5.16 Å². The van der Waals surface area contributed by atoms with E-state index in [2.05, 4.69) is 23.2 Å². The van der Waals surface area contributed by atoms with E-state index in [0.717, 1.165) is 16.5 Å². The number of carbonyl (C=O) groups excluding carboxylic acids is 1. The molecule has 0 aliphatic heterocycles. The van der Waals surface area contributed by atoms with Gasteiger partial charge in [0.25, 0.3) is 0 Å². The second-order valence-electron chi connectivity index (χ2n) is 7.06. The smallest absolute Gasteiger partial charge is 0.306 e. The number of aromatic nitrogens is 2. The third kappa shape index (κ3) is 4.06. The van der Waals surface area contributed by atoms with Gasteiger partial charge in [-0.25, -0.2) is 4.98 Å². The van der Waals surface area contributed by atoms with E-state index in [9.17, 15) is 9.59 Å². The lowest BCUT2D eigenvalue weighted by molar-refractivity contribution is -0.143. The number of hydrogen-bond donors (Lipinski definition) is 1. The number of nitrogens with zero attached hydrogens (tertiary/aromatic N) is 2. The topological polar surface area (TPSA) is 72.2 Å². The Morgan fingerprint density at radius 3 is 2.63 bits per heavy atom. The van der Waals surface area contributed by atoms with Crippen molar-refractivity contribution in [2.75, 3.05) is 0 Å². The van der Waals surface area contributed by atoms with Crippen LogP contribution in [0.25, 0.3) is 16.5 Å². The van der Waals surface area contributed by atoms with Gasteiger partial charge >= 0.3 is 5.97 Å². The number of fused-ring (bicyclic) bond motifs is 1. The molecule has 0 spiro atoms. The zero-order valence-corrected chi connectivity index (χ0v) is 16.4. The lowest BCUT2D eigenvalue weighted by atomic mass is 9.97. The van der Waals surface area contributed by atoms with Gasteiger partial charge in [-0.1, -0.05) is 55.1 Å². The Morgan fingerprint density at radius 1 is 1.19 bits per heavy atom. The first-order valence-electron chi connectivity index (χ1n) is 8.76. The number of aliphatic carboxylic acids is 1. The molecule has 0 amide bonds. The highest BCUT2D eigenvalue weighted by molar-refractivity contribution is 8.01. The van der Waals surface area contributed by atoms with Crippen LogP contribution in [0.2, 0.25) is 0 Å². The van der Waals surface area contributed by atoms with Gasteiger partial charge < -0.3 is 5.11 Å². The van der Waals surface area contributed by atoms with Crippen LogP contribution in [0, 0.1) is 5.92 Å². The van der Waals surface area contributed by atoms with Crippen LogP contribution in [0.15, 0.2) is 60.0 Å². The number of imidazole rings is 1. The van der Waals surface area contributed by atoms with Gasteiger partial charge in [-0.05, 0) is 25.3 Å². The zero-order chi connectivity index (χ0) is 19.6. The summed E-state index contributed by atoms with van der Waals surface area (Å²) >= 11 is 1.35. The van der Waals surface area contributed by atoms with Crippen LogP contribution in [-0.2, 0) is 9.59 Å². The largest absolute Gasteiger partial charge is 0.481 e. The second-order valence-corrected chi connectivity index (χ2v) is 8.65. The van der Waals surface area contributed by atoms with Gasteiger partial charge in [0.2, 0.25) is 0 Å². The fourth-order valence-electron chi connectivity index (χ4n) is 2.86. The number of thioether (sulfide) groups is 1. The summed E-state index contributed by atoms with van der Waals surface area (Å²) < 4.78 is 1.19. The van der Waals surface area contributed by atoms with Crippen LogP contribution in [0.1, 0.15) is 27.2 Å². The third-order valence-corrected chi connectivity index (χ3v) is 5.79. The van der Waals surface area contributed by atoms with E-state index in [1.807, 2.05) is 48.9 Å². The molecule has 1 atom stereocenters. The van der Waals surface area contributed by atoms with Crippen molar-refractivity contribution in [3.63, 3.8) is 0 Å². The first-order valence-corrected chi connectivity index (χ1v) is 9.58. The van der Waals surface area contributed by atoms with Crippen molar-refractivity contribution in [3.8, 4) is 5.69 Å². The average Bonchev–Trinajstić information content (AvgIpc) is 3.08. The van der Waals surface area contributed by atoms with E-state index in [-0.39, 0.29) is 12.2 Å². The molecule has 0 saturated heterocycles. The highest BCUT2D eigenvalue weighted by atomic mass is 32.2. The molecule has 0 aliphatic rings. The average molecular weight is 382 g/mol. The molecule has 140 valence electrons. The van der Waals surface area contributed by atoms with Gasteiger partial charge in [-0.15, -0.1) is 0 Å². The summed E-state index contributed by atoms with van der Waals surface area (Å²) in [4.78, 5) is 28.2. The summed E-state index contributed by atoms with van der Waals surface area (Å²) in [6.07, 6.45) is 3.60. The molecule has 3 aromatic rings. The molecule has 2 aromatic carbocycles. The SMILES string of the molecule is CC(CC(=O)C(C)(C)Sc1nccn1-c1cccc2ccccc12)C(=O)O. The Balaban J connectivity index is 1.91. The molecule has 0 radical (unpaired) electrons. The van der Waals surface area contributed by atoms with Crippen LogP contribution in [-0.4, -0.2) is 31.2 Å². The summed E-state index contributed by atoms with van der Waals surface area (Å²) in [5.74, 6) is -1.76. The summed E-state index contributed by atoms with van der Waals surface area (Å²) in [6.45, 7) is 5.19. The Hall–Kier alpha value is -2.60. The monoisotopic (exact) mass is 382 g/mol. The zero-order valence-electron chi connectivity index (χ0n) is 15.5. The number of hydrogen-bond acceptors (Lipinski definition) is 4. The number of Topliss-reactive ketones (excluding diaryl/α,β-unsaturated/α-hetero) is 1. The van der Waals surface area contributed by atoms with Crippen molar-refractivity contribution in [2.24, 2.45) is 5.92 Å². The predicted octanol–water partition coefficient (Wildman–Crippen LogP) is 4.58. The van der Waals surface area contributed by atoms with E-state index in [1.54, 1.807) is 13.1 Å². The third-order valence-electron chi connectivity index (χ3n) is 4.56. The van der Waals surface area contributed by atoms with E-state index >= 15 is 0 Å². The molecule has 0 saturated carbocycles. The van der Waals surface area contributed by atoms with Gasteiger partial charge in [-0.3, -0.25) is 14.2 Å². The van der Waals surface area contributed by atoms with Gasteiger partial charge in [0, 0.05) is 24.2 Å². The highest BCUT2D eigenvalue weighted by Crippen LogP contribution is 2.36. The molecule has 0 aliphatic carbocycles. The van der Waals surface area contributed by atoms with Crippen LogP contribution >= 0.6 is 11.8 Å². The Morgan fingerprint density at radius 2 is 1.89 bits per heavy atom. The van der Waals surface area contributed by atoms with Crippen molar-refractivity contribution >= 4 is 34.3 Å². The quantitative estimate of drug-likeness (QED) is 0.606. The number of carboxylic acids is 1. The lowest BCUT2D eigenvalue weighted by Gasteiger charge is -2.23. The maximum atomic E-state index is 12.6. The summed E-state index contributed by atoms with van der Waals surface area (Å²) in [5, 5.41) is 12.0. The van der Waals surface area contributed by atoms with Crippen LogP contribution in [0.3, 0.4) is 0 Å². The van der Waals surface area contributed by atoms with Gasteiger partial charge in [0.05, 0.1) is 16.4 Å². The molecular weight excluding hydrogens is 360 g/mol. The molecule has 5 nitrogen and oxygen atoms in total. The molecular formula is C21H22N2O3S. The summed E-state index contributed by atoms with van der Waals surface area (Å²) in [6, 6.07) is 14.2. The summed E-state index contributed by atoms with van der Waals surface area (Å²) in [5.41, 5.74) is 0.996. The number of carboxylic acid groups (broad SMARTS) is 1. The van der Waals surface area contributed by atoms with Gasteiger partial charge in [0.1, 0.15) is 5.78 Å². The van der Waals surface area contributed by atoms with Crippen molar-refractivity contribution in [1.82, 2.24) is 9.55 Å². The van der Waals surface area contributed by atoms with Crippen LogP contribution in [0.4, 0.5) is 0 Å². The first kappa shape index (κ1) is 19.2. The molecule has 0 fully saturated rings. The van der Waals surface area contributed by atoms with Crippen molar-refractivity contribution in [1.29, 1.82) is 0 Å². The molecule has 1 heterocycles. The maximum absolute atomic E-state index is 12.6. The fraction of sp³-hybridized carbons (Fsp3) is 0.286. The number of ketones is 1. The Kier molecular flexibility index (Phi) is 5.37. The summed E-state index contributed by atoms with van der Waals surface area (Å²) in [7, 11) is 0. The molecule has 1 N–H and O–H groups in total. The van der Waals surface area contributed by atoms with Crippen molar-refractivity contribution in [2.45, 2.75) is 37.1 Å². The van der Waals surface area contributed by atoms with Gasteiger partial charge in [-0.2, -0.15) is 0 Å². The minimum atomic E-state index is -0.957. The molecule has 27 heavy (non-hydrogen) atoms. The number of rotatable bonds is 7. The fourth-order valence-corrected chi connectivity index (χ4v) is 3.89. The lowest BCUT2D eigenvalue weighted by Crippen LogP contribution is -2.31. The number of carbonyl (C=O) groups is 2. The molecule has 3 rings (SSSR count). The predicted molar refractivity (Wildman–Crippen MR) is 107 cm³/mol. The highest BCUT2D eigenvalue weighted by Gasteiger charge is 2.33. The molecule has 6 heteroatoms. The minimum Gasteiger partial charge on any atom is -0.481 e. The van der Waals surface area contributed by atoms with Crippen molar-refractivity contribution in [3.05, 3.63) is 54.9 Å². The molecule has 1 aromatic heterocycles. The van der Waals surface area contributed by atoms with E-state index in [4.69, 9.17) is 5.11 Å². The maximum Gasteiger partial charge on any atom is 0.306 e. The second kappa shape index (κ2) is 7.56. The molecule has 1 unspecified atom stereocenters. The van der Waals surface area contributed by atoms with Crippen LogP contribution < -0.4 is 0 Å². The number of benzene rings is 2. The standard InChI is InChI=1S/C21H22N2O3S/c1-14(19(25)26)13-18(24)21(2,3)27-20-22-11-12-23(20)17-10-6-8-15-7-4-5-9-16(15)17/h4-12,14H,13H2,1-3H3,(H,25,26). The van der Waals surface area contributed by atoms with Gasteiger partial charge in [0.15, 0.2) is 5.16 Å². The first-order chi connectivity index (χ1) is 12.8. The van der Waals surface area contributed by atoms with E-state index in [1.165, 1.54) is 11.8 Å². The van der Waals surface area contributed by atoms with Crippen LogP contribution in [0.5, 0.6) is 0 Å². The normalized spacial score (nSPS) is 12.9.